The number of hydrogen-bond acceptors (Lipinski definition) is 3. The molecule has 0 fully saturated rings. The lowest BCUT2D eigenvalue weighted by Gasteiger charge is -2.08. The minimum absolute atomic E-state index is 0.101. The molecule has 0 radical (unpaired) electrons. The van der Waals surface area contributed by atoms with Gasteiger partial charge in [0.25, 0.3) is 0 Å². The zero-order chi connectivity index (χ0) is 23.3. The van der Waals surface area contributed by atoms with Gasteiger partial charge in [0, 0.05) is 37.3 Å². The zero-order valence-electron chi connectivity index (χ0n) is 20.7. The quantitative estimate of drug-likeness (QED) is 0.846. The first-order valence-corrected chi connectivity index (χ1v) is 7.32. The van der Waals surface area contributed by atoms with Crippen molar-refractivity contribution in [2.24, 2.45) is 0 Å². The third-order valence-corrected chi connectivity index (χ3v) is 4.05. The Kier molecular flexibility index (Phi) is 1.96. The number of likely N-dealkylation sites (N-methyl/N-ethyl adjacent to an activating group) is 1. The van der Waals surface area contributed by atoms with Crippen LogP contribution in [-0.4, -0.2) is 45.8 Å². The minimum Gasteiger partial charge on any atom is -0.361 e. The van der Waals surface area contributed by atoms with Crippen molar-refractivity contribution in [3.63, 3.8) is 0 Å². The van der Waals surface area contributed by atoms with Crippen LogP contribution in [0.25, 0.3) is 10.9 Å². The molecule has 1 aromatic heterocycles. The standard InChI is InChI=1S/C14H21N3O2S/c1-15-20(18,19)10-11-4-5-14-13(8-11)12(9-16-14)6-7-17(2)3/h4-5,8-9,15-16H,6-7,10H2,1-3H3/i2D3,3D3,6D2,7D2. The van der Waals surface area contributed by atoms with Crippen LogP contribution in [0.15, 0.2) is 24.4 Å². The highest BCUT2D eigenvalue weighted by atomic mass is 32.2. The Morgan fingerprint density at radius 1 is 1.45 bits per heavy atom. The van der Waals surface area contributed by atoms with E-state index in [0.717, 1.165) is 6.20 Å². The summed E-state index contributed by atoms with van der Waals surface area (Å²) in [6.07, 6.45) is -2.00. The minimum atomic E-state index is -3.64. The largest absolute Gasteiger partial charge is 0.361 e. The Morgan fingerprint density at radius 2 is 2.25 bits per heavy atom. The molecule has 0 saturated heterocycles. The van der Waals surface area contributed by atoms with E-state index in [9.17, 15) is 8.42 Å². The van der Waals surface area contributed by atoms with Gasteiger partial charge >= 0.3 is 0 Å². The Balaban J connectivity index is 2.65. The van der Waals surface area contributed by atoms with Crippen molar-refractivity contribution >= 4 is 20.9 Å². The highest BCUT2D eigenvalue weighted by Crippen LogP contribution is 2.21. The fraction of sp³-hybridized carbons (Fsp3) is 0.429. The van der Waals surface area contributed by atoms with E-state index in [4.69, 9.17) is 13.7 Å². The summed E-state index contributed by atoms with van der Waals surface area (Å²) in [5.74, 6) is -0.420. The van der Waals surface area contributed by atoms with Crippen molar-refractivity contribution in [1.82, 2.24) is 14.6 Å². The number of hydrogen-bond donors (Lipinski definition) is 2. The predicted molar refractivity (Wildman–Crippen MR) is 82.2 cm³/mol. The third-order valence-electron chi connectivity index (χ3n) is 2.72. The molecule has 0 aliphatic heterocycles. The maximum absolute atomic E-state index is 11.8. The second-order valence-electron chi connectivity index (χ2n) is 4.12. The molecule has 2 rings (SSSR count). The van der Waals surface area contributed by atoms with E-state index in [1.54, 1.807) is 0 Å². The number of nitrogens with zero attached hydrogens (tertiary/aromatic N) is 1. The van der Waals surface area contributed by atoms with Crippen molar-refractivity contribution in [3.05, 3.63) is 35.5 Å². The second kappa shape index (κ2) is 5.95. The van der Waals surface area contributed by atoms with Gasteiger partial charge in [0.05, 0.1) is 5.75 Å². The fourth-order valence-corrected chi connectivity index (χ4v) is 2.53. The molecule has 0 aliphatic rings. The molecular formula is C14H21N3O2S. The lowest BCUT2D eigenvalue weighted by atomic mass is 10.1. The monoisotopic (exact) mass is 305 g/mol. The molecule has 20 heavy (non-hydrogen) atoms. The van der Waals surface area contributed by atoms with Gasteiger partial charge in [0.15, 0.2) is 0 Å². The van der Waals surface area contributed by atoms with Crippen LogP contribution in [0.5, 0.6) is 0 Å². The van der Waals surface area contributed by atoms with Gasteiger partial charge in [-0.05, 0) is 50.6 Å². The van der Waals surface area contributed by atoms with Crippen molar-refractivity contribution < 1.29 is 22.1 Å². The summed E-state index contributed by atoms with van der Waals surface area (Å²) in [4.78, 5) is 2.27. The summed E-state index contributed by atoms with van der Waals surface area (Å²) in [6.45, 7) is -10.4. The van der Waals surface area contributed by atoms with Crippen LogP contribution in [0, 0.1) is 0 Å². The van der Waals surface area contributed by atoms with Gasteiger partial charge in [-0.25, -0.2) is 13.1 Å². The summed E-state index contributed by atoms with van der Waals surface area (Å²) in [5, 5.41) is 0.101. The molecule has 0 bridgehead atoms. The molecule has 110 valence electrons. The first-order chi connectivity index (χ1) is 13.3. The average molecular weight is 305 g/mol. The molecule has 2 aromatic rings. The van der Waals surface area contributed by atoms with Crippen molar-refractivity contribution in [3.8, 4) is 0 Å². The van der Waals surface area contributed by atoms with E-state index in [2.05, 4.69) is 9.71 Å². The predicted octanol–water partition coefficient (Wildman–Crippen LogP) is 1.32. The van der Waals surface area contributed by atoms with Gasteiger partial charge in [-0.15, -0.1) is 0 Å². The van der Waals surface area contributed by atoms with Crippen LogP contribution in [0.3, 0.4) is 0 Å². The number of H-pyrrole nitrogens is 1. The zero-order valence-corrected chi connectivity index (χ0v) is 11.5. The first kappa shape index (κ1) is 6.60. The highest BCUT2D eigenvalue weighted by Gasteiger charge is 2.11. The average Bonchev–Trinajstić information content (AvgIpc) is 2.94. The van der Waals surface area contributed by atoms with Crippen LogP contribution in [0.4, 0.5) is 0 Å². The number of aromatic amines is 1. The summed E-state index contributed by atoms with van der Waals surface area (Å²) < 4.78 is 103. The molecule has 0 spiro atoms. The number of aromatic nitrogens is 1. The number of benzene rings is 1. The van der Waals surface area contributed by atoms with Crippen LogP contribution < -0.4 is 4.72 Å². The normalized spacial score (nSPS) is 22.5. The Labute approximate surface area is 134 Å². The van der Waals surface area contributed by atoms with E-state index in [0.29, 0.717) is 5.52 Å². The van der Waals surface area contributed by atoms with Crippen LogP contribution >= 0.6 is 0 Å². The van der Waals surface area contributed by atoms with Gasteiger partial charge < -0.3 is 9.88 Å². The molecule has 0 amide bonds. The molecule has 6 heteroatoms. The van der Waals surface area contributed by atoms with Crippen LogP contribution in [0.1, 0.15) is 24.8 Å². The first-order valence-electron chi connectivity index (χ1n) is 10.7. The van der Waals surface area contributed by atoms with Crippen LogP contribution in [0.2, 0.25) is 0 Å². The summed E-state index contributed by atoms with van der Waals surface area (Å²) in [5.41, 5.74) is 0.270. The van der Waals surface area contributed by atoms with Gasteiger partial charge in [0.1, 0.15) is 0 Å². The van der Waals surface area contributed by atoms with Crippen molar-refractivity contribution in [1.29, 1.82) is 0 Å². The van der Waals surface area contributed by atoms with E-state index >= 15 is 0 Å². The molecule has 0 unspecified atom stereocenters. The molecule has 2 N–H and O–H groups in total. The smallest absolute Gasteiger partial charge is 0.215 e. The number of rotatable bonds is 6. The Bertz CT molecular complexity index is 1010. The second-order valence-corrected chi connectivity index (χ2v) is 6.04. The number of fused-ring (bicyclic) bond motifs is 1. The summed E-state index contributed by atoms with van der Waals surface area (Å²) >= 11 is 0. The highest BCUT2D eigenvalue weighted by molar-refractivity contribution is 7.88. The SMILES string of the molecule is [2H]C([2H])([2H])N(C([2H])([2H])[2H])C([2H])([2H])C([2H])([2H])c1c[nH]c2ccc(CS(=O)(=O)NC)cc12. The van der Waals surface area contributed by atoms with Gasteiger partial charge in [-0.1, -0.05) is 6.07 Å². The number of nitrogens with one attached hydrogen (secondary N) is 2. The number of sulfonamides is 1. The third kappa shape index (κ3) is 3.59. The maximum atomic E-state index is 11.8. The summed E-state index contributed by atoms with van der Waals surface area (Å²) in [6, 6.07) is 4.29. The van der Waals surface area contributed by atoms with E-state index < -0.39 is 47.5 Å². The molecular weight excluding hydrogens is 274 g/mol. The topological polar surface area (TPSA) is 65.2 Å². The fourth-order valence-electron chi connectivity index (χ4n) is 1.77. The molecule has 1 heterocycles. The van der Waals surface area contributed by atoms with E-state index in [1.165, 1.54) is 25.2 Å². The molecule has 1 aromatic carbocycles. The van der Waals surface area contributed by atoms with E-state index in [1.807, 2.05) is 0 Å². The van der Waals surface area contributed by atoms with Gasteiger partial charge in [-0.3, -0.25) is 0 Å². The molecule has 0 saturated carbocycles. The number of aryl methyl sites for hydroxylation is 1. The Hall–Kier alpha value is -1.37. The maximum Gasteiger partial charge on any atom is 0.215 e. The van der Waals surface area contributed by atoms with Crippen molar-refractivity contribution in [2.75, 3.05) is 27.5 Å². The van der Waals surface area contributed by atoms with Gasteiger partial charge in [0.2, 0.25) is 10.0 Å². The van der Waals surface area contributed by atoms with Gasteiger partial charge in [-0.2, -0.15) is 0 Å². The molecule has 5 nitrogen and oxygen atoms in total. The Morgan fingerprint density at radius 3 is 2.95 bits per heavy atom. The molecule has 0 atom stereocenters. The molecule has 0 aliphatic carbocycles. The van der Waals surface area contributed by atoms with Crippen molar-refractivity contribution in [2.45, 2.75) is 12.1 Å². The lowest BCUT2D eigenvalue weighted by molar-refractivity contribution is 0.414. The lowest BCUT2D eigenvalue weighted by Crippen LogP contribution is -2.20. The van der Waals surface area contributed by atoms with E-state index in [-0.39, 0.29) is 16.5 Å². The summed E-state index contributed by atoms with van der Waals surface area (Å²) in [7, 11) is -2.40. The van der Waals surface area contributed by atoms with Crippen LogP contribution in [-0.2, 0) is 22.1 Å².